The van der Waals surface area contributed by atoms with Crippen LogP contribution in [0.3, 0.4) is 0 Å². The topological polar surface area (TPSA) is 38.0 Å². The van der Waals surface area contributed by atoms with Gasteiger partial charge in [-0.15, -0.1) is 0 Å². The Balaban J connectivity index is 1.66. The third-order valence-electron chi connectivity index (χ3n) is 3.78. The molecule has 1 aromatic rings. The van der Waals surface area contributed by atoms with Gasteiger partial charge in [0.25, 0.3) is 0 Å². The van der Waals surface area contributed by atoms with Crippen molar-refractivity contribution in [3.05, 3.63) is 29.8 Å². The van der Waals surface area contributed by atoms with Gasteiger partial charge < -0.3 is 11.1 Å². The normalized spacial score (nSPS) is 17.0. The first-order valence-electron chi connectivity index (χ1n) is 6.79. The summed E-state index contributed by atoms with van der Waals surface area (Å²) in [5, 5.41) is 3.60. The zero-order valence-electron chi connectivity index (χ0n) is 10.8. The summed E-state index contributed by atoms with van der Waals surface area (Å²) >= 11 is 0. The van der Waals surface area contributed by atoms with Crippen molar-refractivity contribution in [1.82, 2.24) is 5.32 Å². The number of nitrogen functional groups attached to an aromatic ring is 1. The van der Waals surface area contributed by atoms with E-state index < -0.39 is 0 Å². The summed E-state index contributed by atoms with van der Waals surface area (Å²) in [4.78, 5) is 0. The second-order valence-electron chi connectivity index (χ2n) is 5.42. The molecule has 0 bridgehead atoms. The molecule has 1 aliphatic carbocycles. The molecule has 0 saturated heterocycles. The monoisotopic (exact) mass is 232 g/mol. The maximum atomic E-state index is 5.76. The van der Waals surface area contributed by atoms with E-state index in [1.54, 1.807) is 0 Å². The molecule has 0 amide bonds. The molecule has 1 aromatic carbocycles. The minimum atomic E-state index is 0.657. The maximum Gasteiger partial charge on any atom is 0.0316 e. The summed E-state index contributed by atoms with van der Waals surface area (Å²) in [5.74, 6) is 0. The average Bonchev–Trinajstić information content (AvgIpc) is 3.06. The molecule has 3 N–H and O–H groups in total. The zero-order chi connectivity index (χ0) is 12.1. The summed E-state index contributed by atoms with van der Waals surface area (Å²) in [6.07, 6.45) is 6.63. The second-order valence-corrected chi connectivity index (χ2v) is 5.42. The van der Waals surface area contributed by atoms with Crippen LogP contribution in [0.1, 0.15) is 38.2 Å². The smallest absolute Gasteiger partial charge is 0.0316 e. The molecule has 2 nitrogen and oxygen atoms in total. The Bertz CT molecular complexity index is 356. The Labute approximate surface area is 105 Å². The molecule has 94 valence electrons. The van der Waals surface area contributed by atoms with Gasteiger partial charge in [-0.2, -0.15) is 0 Å². The standard InChI is InChI=1S/C15H24N2/c1-2-7-15(8-9-15)12-17-10-6-13-4-3-5-14(16)11-13/h3-5,11,17H,2,6-10,12,16H2,1H3. The fraction of sp³-hybridized carbons (Fsp3) is 0.600. The summed E-state index contributed by atoms with van der Waals surface area (Å²) < 4.78 is 0. The molecule has 1 aliphatic rings. The van der Waals surface area contributed by atoms with Crippen LogP contribution in [0.25, 0.3) is 0 Å². The van der Waals surface area contributed by atoms with E-state index in [-0.39, 0.29) is 0 Å². The Morgan fingerprint density at radius 1 is 1.35 bits per heavy atom. The summed E-state index contributed by atoms with van der Waals surface area (Å²) in [7, 11) is 0. The van der Waals surface area contributed by atoms with Crippen molar-refractivity contribution in [3.63, 3.8) is 0 Å². The van der Waals surface area contributed by atoms with Crippen LogP contribution in [0.5, 0.6) is 0 Å². The van der Waals surface area contributed by atoms with Crippen molar-refractivity contribution in [3.8, 4) is 0 Å². The third-order valence-corrected chi connectivity index (χ3v) is 3.78. The molecule has 0 spiro atoms. The van der Waals surface area contributed by atoms with Crippen LogP contribution in [-0.2, 0) is 6.42 Å². The highest BCUT2D eigenvalue weighted by atomic mass is 14.9. The molecule has 2 heteroatoms. The van der Waals surface area contributed by atoms with Gasteiger partial charge in [0, 0.05) is 12.2 Å². The molecule has 0 atom stereocenters. The van der Waals surface area contributed by atoms with E-state index in [4.69, 9.17) is 5.73 Å². The quantitative estimate of drug-likeness (QED) is 0.560. The minimum Gasteiger partial charge on any atom is -0.399 e. The summed E-state index contributed by atoms with van der Waals surface area (Å²) in [6.45, 7) is 4.55. The number of benzene rings is 1. The largest absolute Gasteiger partial charge is 0.399 e. The Morgan fingerprint density at radius 2 is 2.18 bits per heavy atom. The average molecular weight is 232 g/mol. The Morgan fingerprint density at radius 3 is 2.82 bits per heavy atom. The van der Waals surface area contributed by atoms with E-state index in [0.717, 1.165) is 18.7 Å². The molecular formula is C15H24N2. The lowest BCUT2D eigenvalue weighted by molar-refractivity contribution is 0.423. The van der Waals surface area contributed by atoms with Gasteiger partial charge in [-0.05, 0) is 55.3 Å². The molecule has 1 fully saturated rings. The number of nitrogens with one attached hydrogen (secondary N) is 1. The lowest BCUT2D eigenvalue weighted by Crippen LogP contribution is -2.26. The summed E-state index contributed by atoms with van der Waals surface area (Å²) in [5.41, 5.74) is 8.62. The van der Waals surface area contributed by atoms with Crippen molar-refractivity contribution in [2.75, 3.05) is 18.8 Å². The van der Waals surface area contributed by atoms with Crippen molar-refractivity contribution >= 4 is 5.69 Å². The highest BCUT2D eigenvalue weighted by Gasteiger charge is 2.40. The molecule has 0 radical (unpaired) electrons. The van der Waals surface area contributed by atoms with Crippen molar-refractivity contribution in [2.24, 2.45) is 5.41 Å². The van der Waals surface area contributed by atoms with Crippen molar-refractivity contribution in [1.29, 1.82) is 0 Å². The van der Waals surface area contributed by atoms with Gasteiger partial charge in [0.1, 0.15) is 0 Å². The van der Waals surface area contributed by atoms with Gasteiger partial charge in [0.05, 0.1) is 0 Å². The van der Waals surface area contributed by atoms with Gasteiger partial charge in [0.15, 0.2) is 0 Å². The van der Waals surface area contributed by atoms with Gasteiger partial charge >= 0.3 is 0 Å². The number of anilines is 1. The molecular weight excluding hydrogens is 208 g/mol. The van der Waals surface area contributed by atoms with E-state index in [9.17, 15) is 0 Å². The molecule has 0 aliphatic heterocycles. The van der Waals surface area contributed by atoms with Gasteiger partial charge in [-0.3, -0.25) is 0 Å². The number of rotatable bonds is 7. The van der Waals surface area contributed by atoms with E-state index in [1.807, 2.05) is 12.1 Å². The second kappa shape index (κ2) is 5.54. The maximum absolute atomic E-state index is 5.76. The van der Waals surface area contributed by atoms with Crippen molar-refractivity contribution in [2.45, 2.75) is 39.0 Å². The number of hydrogen-bond acceptors (Lipinski definition) is 2. The molecule has 0 unspecified atom stereocenters. The molecule has 0 heterocycles. The van der Waals surface area contributed by atoms with Crippen LogP contribution < -0.4 is 11.1 Å². The number of hydrogen-bond donors (Lipinski definition) is 2. The lowest BCUT2D eigenvalue weighted by Gasteiger charge is -2.14. The van der Waals surface area contributed by atoms with Crippen molar-refractivity contribution < 1.29 is 0 Å². The van der Waals surface area contributed by atoms with E-state index in [0.29, 0.717) is 5.41 Å². The van der Waals surface area contributed by atoms with E-state index in [2.05, 4.69) is 24.4 Å². The van der Waals surface area contributed by atoms with Crippen LogP contribution >= 0.6 is 0 Å². The van der Waals surface area contributed by atoms with Crippen LogP contribution in [0.4, 0.5) is 5.69 Å². The highest BCUT2D eigenvalue weighted by Crippen LogP contribution is 2.48. The van der Waals surface area contributed by atoms with E-state index in [1.165, 1.54) is 37.8 Å². The van der Waals surface area contributed by atoms with Crippen LogP contribution in [-0.4, -0.2) is 13.1 Å². The predicted molar refractivity (Wildman–Crippen MR) is 74.0 cm³/mol. The van der Waals surface area contributed by atoms with E-state index >= 15 is 0 Å². The lowest BCUT2D eigenvalue weighted by atomic mass is 10.0. The molecule has 2 rings (SSSR count). The fourth-order valence-electron chi connectivity index (χ4n) is 2.56. The van der Waals surface area contributed by atoms with Crippen LogP contribution in [0, 0.1) is 5.41 Å². The minimum absolute atomic E-state index is 0.657. The molecule has 0 aromatic heterocycles. The highest BCUT2D eigenvalue weighted by molar-refractivity contribution is 5.40. The van der Waals surface area contributed by atoms with Gasteiger partial charge in [-0.25, -0.2) is 0 Å². The predicted octanol–water partition coefficient (Wildman–Crippen LogP) is 2.98. The third kappa shape index (κ3) is 3.74. The summed E-state index contributed by atoms with van der Waals surface area (Å²) in [6, 6.07) is 8.19. The fourth-order valence-corrected chi connectivity index (χ4v) is 2.56. The first-order chi connectivity index (χ1) is 8.24. The van der Waals surface area contributed by atoms with Gasteiger partial charge in [-0.1, -0.05) is 25.5 Å². The molecule has 1 saturated carbocycles. The Kier molecular flexibility index (Phi) is 4.06. The SMILES string of the molecule is CCCC1(CNCCc2cccc(N)c2)CC1. The van der Waals surface area contributed by atoms with Gasteiger partial charge in [0.2, 0.25) is 0 Å². The van der Waals surface area contributed by atoms with Crippen LogP contribution in [0.15, 0.2) is 24.3 Å². The molecule has 17 heavy (non-hydrogen) atoms. The first-order valence-corrected chi connectivity index (χ1v) is 6.79. The Hall–Kier alpha value is -1.02. The first kappa shape index (κ1) is 12.4. The number of nitrogens with two attached hydrogens (primary N) is 1. The zero-order valence-corrected chi connectivity index (χ0v) is 10.8. The van der Waals surface area contributed by atoms with Crippen LogP contribution in [0.2, 0.25) is 0 Å².